The van der Waals surface area contributed by atoms with Gasteiger partial charge < -0.3 is 9.47 Å². The van der Waals surface area contributed by atoms with Crippen molar-refractivity contribution in [2.75, 3.05) is 0 Å². The molecule has 4 heteroatoms. The molecular formula is C14H18O4. The topological polar surface area (TPSA) is 52.6 Å². The summed E-state index contributed by atoms with van der Waals surface area (Å²) in [6.07, 6.45) is 6.82. The molecule has 0 aliphatic heterocycles. The molecule has 2 saturated carbocycles. The molecule has 0 heterocycles. The van der Waals surface area contributed by atoms with Crippen molar-refractivity contribution in [3.05, 3.63) is 24.5 Å². The second-order valence-corrected chi connectivity index (χ2v) is 5.06. The average Bonchev–Trinajstić information content (AvgIpc) is 2.97. The van der Waals surface area contributed by atoms with Crippen LogP contribution in [-0.4, -0.2) is 18.0 Å². The number of carbonyl (C=O) groups is 2. The molecule has 4 nitrogen and oxygen atoms in total. The van der Waals surface area contributed by atoms with Crippen LogP contribution in [0.3, 0.4) is 0 Å². The van der Waals surface area contributed by atoms with Crippen molar-refractivity contribution >= 4 is 11.9 Å². The fourth-order valence-corrected chi connectivity index (χ4v) is 2.80. The fraction of sp³-hybridized carbons (Fsp3) is 0.571. The summed E-state index contributed by atoms with van der Waals surface area (Å²) < 4.78 is 10.1. The number of hydrogen-bond acceptors (Lipinski definition) is 4. The van der Waals surface area contributed by atoms with Gasteiger partial charge in [0.05, 0.1) is 5.57 Å². The van der Waals surface area contributed by atoms with Crippen LogP contribution in [0.5, 0.6) is 0 Å². The smallest absolute Gasteiger partial charge is 0.337 e. The molecule has 0 amide bonds. The third-order valence-electron chi connectivity index (χ3n) is 3.77. The quantitative estimate of drug-likeness (QED) is 0.436. The van der Waals surface area contributed by atoms with E-state index in [1.165, 1.54) is 12.8 Å². The minimum absolute atomic E-state index is 0.0507. The van der Waals surface area contributed by atoms with Crippen LogP contribution >= 0.6 is 0 Å². The molecule has 0 spiro atoms. The van der Waals surface area contributed by atoms with E-state index in [2.05, 4.69) is 11.3 Å². The van der Waals surface area contributed by atoms with Crippen molar-refractivity contribution in [1.29, 1.82) is 0 Å². The summed E-state index contributed by atoms with van der Waals surface area (Å²) in [5, 5.41) is 0. The van der Waals surface area contributed by atoms with Gasteiger partial charge in [-0.05, 0) is 44.4 Å². The highest BCUT2D eigenvalue weighted by molar-refractivity contribution is 5.88. The van der Waals surface area contributed by atoms with E-state index in [1.807, 2.05) is 0 Å². The first-order valence-electron chi connectivity index (χ1n) is 6.31. The Morgan fingerprint density at radius 2 is 2.06 bits per heavy atom. The van der Waals surface area contributed by atoms with E-state index in [9.17, 15) is 9.59 Å². The first-order chi connectivity index (χ1) is 8.60. The van der Waals surface area contributed by atoms with Crippen molar-refractivity contribution in [3.63, 3.8) is 0 Å². The van der Waals surface area contributed by atoms with Gasteiger partial charge in [-0.3, -0.25) is 0 Å². The predicted molar refractivity (Wildman–Crippen MR) is 65.4 cm³/mol. The Kier molecular flexibility index (Phi) is 3.84. The molecule has 0 aromatic carbocycles. The number of ether oxygens (including phenoxy) is 2. The molecule has 3 atom stereocenters. The molecule has 0 radical (unpaired) electrons. The van der Waals surface area contributed by atoms with Crippen molar-refractivity contribution in [1.82, 2.24) is 0 Å². The highest BCUT2D eigenvalue weighted by Gasteiger charge is 2.41. The Labute approximate surface area is 107 Å². The predicted octanol–water partition coefficient (Wildman–Crippen LogP) is 2.35. The number of fused-ring (bicyclic) bond motifs is 2. The maximum atomic E-state index is 11.8. The molecule has 0 saturated heterocycles. The first-order valence-corrected chi connectivity index (χ1v) is 6.31. The van der Waals surface area contributed by atoms with Crippen LogP contribution in [0.15, 0.2) is 24.5 Å². The molecule has 3 unspecified atom stereocenters. The van der Waals surface area contributed by atoms with Gasteiger partial charge in [0, 0.05) is 6.08 Å². The van der Waals surface area contributed by atoms with Crippen LogP contribution in [0.25, 0.3) is 0 Å². The summed E-state index contributed by atoms with van der Waals surface area (Å²) in [6.45, 7) is 4.85. The lowest BCUT2D eigenvalue weighted by molar-refractivity contribution is -0.146. The normalized spacial score (nSPS) is 30.1. The summed E-state index contributed by atoms with van der Waals surface area (Å²) in [5.41, 5.74) is 0.299. The van der Waals surface area contributed by atoms with Crippen LogP contribution in [0.1, 0.15) is 32.6 Å². The summed E-state index contributed by atoms with van der Waals surface area (Å²) in [4.78, 5) is 22.6. The van der Waals surface area contributed by atoms with E-state index in [0.29, 0.717) is 11.5 Å². The lowest BCUT2D eigenvalue weighted by atomic mass is 9.98. The number of hydrogen-bond donors (Lipinski definition) is 0. The van der Waals surface area contributed by atoms with Crippen LogP contribution in [0.4, 0.5) is 0 Å². The molecule has 2 aliphatic rings. The fourth-order valence-electron chi connectivity index (χ4n) is 2.80. The molecule has 98 valence electrons. The van der Waals surface area contributed by atoms with Gasteiger partial charge in [-0.2, -0.15) is 0 Å². The molecule has 2 aliphatic carbocycles. The highest BCUT2D eigenvalue weighted by atomic mass is 16.6. The minimum Gasteiger partial charge on any atom is -0.459 e. The SMILES string of the molecule is C=CC(=O)O/C=C(\C)C(=O)OC1CC2CCC1C2. The lowest BCUT2D eigenvalue weighted by Crippen LogP contribution is -2.24. The summed E-state index contributed by atoms with van der Waals surface area (Å²) in [7, 11) is 0. The van der Waals surface area contributed by atoms with Crippen molar-refractivity contribution < 1.29 is 19.1 Å². The van der Waals surface area contributed by atoms with Crippen LogP contribution in [0.2, 0.25) is 0 Å². The number of carbonyl (C=O) groups excluding carboxylic acids is 2. The molecule has 18 heavy (non-hydrogen) atoms. The maximum absolute atomic E-state index is 11.8. The van der Waals surface area contributed by atoms with E-state index < -0.39 is 11.9 Å². The summed E-state index contributed by atoms with van der Waals surface area (Å²) in [5.74, 6) is 0.282. The van der Waals surface area contributed by atoms with Crippen LogP contribution in [0, 0.1) is 11.8 Å². The molecule has 2 bridgehead atoms. The van der Waals surface area contributed by atoms with E-state index in [1.54, 1.807) is 6.92 Å². The number of esters is 2. The van der Waals surface area contributed by atoms with Gasteiger partial charge in [-0.25, -0.2) is 9.59 Å². The number of rotatable bonds is 4. The van der Waals surface area contributed by atoms with Gasteiger partial charge in [-0.15, -0.1) is 0 Å². The van der Waals surface area contributed by atoms with Crippen molar-refractivity contribution in [2.24, 2.45) is 11.8 Å². The molecule has 2 rings (SSSR count). The van der Waals surface area contributed by atoms with Crippen molar-refractivity contribution in [2.45, 2.75) is 38.7 Å². The lowest BCUT2D eigenvalue weighted by Gasteiger charge is -2.21. The van der Waals surface area contributed by atoms with E-state index in [0.717, 1.165) is 31.1 Å². The zero-order valence-corrected chi connectivity index (χ0v) is 10.6. The van der Waals surface area contributed by atoms with Gasteiger partial charge >= 0.3 is 11.9 Å². The maximum Gasteiger partial charge on any atom is 0.337 e. The van der Waals surface area contributed by atoms with Gasteiger partial charge in [-0.1, -0.05) is 6.58 Å². The third kappa shape index (κ3) is 2.81. The second-order valence-electron chi connectivity index (χ2n) is 5.06. The van der Waals surface area contributed by atoms with E-state index >= 15 is 0 Å². The monoisotopic (exact) mass is 250 g/mol. The third-order valence-corrected chi connectivity index (χ3v) is 3.77. The minimum atomic E-state index is -0.581. The highest BCUT2D eigenvalue weighted by Crippen LogP contribution is 2.45. The molecule has 2 fully saturated rings. The largest absolute Gasteiger partial charge is 0.459 e. The van der Waals surface area contributed by atoms with E-state index in [-0.39, 0.29) is 6.10 Å². The summed E-state index contributed by atoms with van der Waals surface area (Å²) >= 11 is 0. The Morgan fingerprint density at radius 1 is 1.28 bits per heavy atom. The zero-order valence-electron chi connectivity index (χ0n) is 10.6. The van der Waals surface area contributed by atoms with Gasteiger partial charge in [0.1, 0.15) is 12.4 Å². The Hall–Kier alpha value is -1.58. The second kappa shape index (κ2) is 5.38. The summed E-state index contributed by atoms with van der Waals surface area (Å²) in [6, 6.07) is 0. The molecule has 0 aromatic heterocycles. The van der Waals surface area contributed by atoms with Crippen LogP contribution in [-0.2, 0) is 19.1 Å². The molecular weight excluding hydrogens is 232 g/mol. The average molecular weight is 250 g/mol. The molecule has 0 N–H and O–H groups in total. The standard InChI is InChI=1S/C14H18O4/c1-3-13(15)17-8-9(2)14(16)18-12-7-10-4-5-11(12)6-10/h3,8,10-12H,1,4-7H2,2H3/b9-8+. The zero-order chi connectivity index (χ0) is 13.1. The van der Waals surface area contributed by atoms with E-state index in [4.69, 9.17) is 4.74 Å². The first kappa shape index (κ1) is 12.9. The van der Waals surface area contributed by atoms with Crippen molar-refractivity contribution in [3.8, 4) is 0 Å². The van der Waals surface area contributed by atoms with Gasteiger partial charge in [0.2, 0.25) is 0 Å². The Bertz CT molecular complexity index is 397. The Balaban J connectivity index is 1.84. The van der Waals surface area contributed by atoms with Gasteiger partial charge in [0.25, 0.3) is 0 Å². The Morgan fingerprint density at radius 3 is 2.61 bits per heavy atom. The van der Waals surface area contributed by atoms with Gasteiger partial charge in [0.15, 0.2) is 0 Å². The van der Waals surface area contributed by atoms with Crippen LogP contribution < -0.4 is 0 Å². The molecule has 0 aromatic rings.